The van der Waals surface area contributed by atoms with Crippen molar-refractivity contribution in [3.05, 3.63) is 29.6 Å². The van der Waals surface area contributed by atoms with Crippen LogP contribution in [0, 0.1) is 17.7 Å². The maximum Gasteiger partial charge on any atom is 0.232 e. The average Bonchev–Trinajstić information content (AvgIpc) is 2.52. The van der Waals surface area contributed by atoms with E-state index >= 15 is 0 Å². The van der Waals surface area contributed by atoms with Crippen molar-refractivity contribution in [2.75, 3.05) is 12.9 Å². The summed E-state index contributed by atoms with van der Waals surface area (Å²) in [4.78, 5) is 12.1. The van der Waals surface area contributed by atoms with Crippen LogP contribution >= 0.6 is 0 Å². The zero-order valence-electron chi connectivity index (χ0n) is 14.5. The van der Waals surface area contributed by atoms with E-state index in [1.165, 1.54) is 25.7 Å². The van der Waals surface area contributed by atoms with Gasteiger partial charge in [-0.2, -0.15) is 0 Å². The Morgan fingerprint density at radius 1 is 1.38 bits per heavy atom. The topological polar surface area (TPSA) is 55.4 Å². The van der Waals surface area contributed by atoms with Gasteiger partial charge in [0.05, 0.1) is 7.11 Å². The van der Waals surface area contributed by atoms with Gasteiger partial charge in [-0.3, -0.25) is 9.00 Å². The highest BCUT2D eigenvalue weighted by molar-refractivity contribution is 7.84. The molecule has 0 aromatic heterocycles. The van der Waals surface area contributed by atoms with E-state index in [0.29, 0.717) is 17.4 Å². The molecule has 1 fully saturated rings. The van der Waals surface area contributed by atoms with E-state index in [0.717, 1.165) is 12.8 Å². The summed E-state index contributed by atoms with van der Waals surface area (Å²) < 4.78 is 30.7. The second-order valence-electron chi connectivity index (χ2n) is 6.64. The fourth-order valence-electron chi connectivity index (χ4n) is 3.22. The van der Waals surface area contributed by atoms with Gasteiger partial charge in [-0.05, 0) is 36.0 Å². The molecule has 0 bridgehead atoms. The highest BCUT2D eigenvalue weighted by Gasteiger charge is 2.28. The van der Waals surface area contributed by atoms with Gasteiger partial charge in [0.25, 0.3) is 0 Å². The number of hydrogen-bond donors (Lipinski definition) is 1. The van der Waals surface area contributed by atoms with Crippen molar-refractivity contribution < 1.29 is 18.1 Å². The third-order valence-corrected chi connectivity index (χ3v) is 6.13. The van der Waals surface area contributed by atoms with E-state index in [2.05, 4.69) is 19.2 Å². The molecule has 0 unspecified atom stereocenters. The zero-order chi connectivity index (χ0) is 17.7. The summed E-state index contributed by atoms with van der Waals surface area (Å²) in [6.07, 6.45) is 3.29. The molecular formula is C18H26FNO3S. The van der Waals surface area contributed by atoms with Gasteiger partial charge in [0.1, 0.15) is 5.75 Å². The Morgan fingerprint density at radius 2 is 2.12 bits per heavy atom. The summed E-state index contributed by atoms with van der Waals surface area (Å²) in [6, 6.07) is 4.64. The Balaban J connectivity index is 1.85. The predicted octanol–water partition coefficient (Wildman–Crippen LogP) is 3.02. The van der Waals surface area contributed by atoms with Crippen LogP contribution in [-0.2, 0) is 21.3 Å². The second kappa shape index (κ2) is 8.60. The minimum absolute atomic E-state index is 0.0503. The molecule has 1 N–H and O–H groups in total. The van der Waals surface area contributed by atoms with Gasteiger partial charge in [0.2, 0.25) is 5.91 Å². The molecule has 1 aromatic rings. The van der Waals surface area contributed by atoms with Crippen LogP contribution in [0.15, 0.2) is 18.2 Å². The Labute approximate surface area is 145 Å². The molecule has 0 radical (unpaired) electrons. The van der Waals surface area contributed by atoms with Gasteiger partial charge >= 0.3 is 0 Å². The van der Waals surface area contributed by atoms with E-state index in [1.54, 1.807) is 6.07 Å². The summed E-state index contributed by atoms with van der Waals surface area (Å²) in [6.45, 7) is 4.37. The normalized spacial score (nSPS) is 25.1. The lowest BCUT2D eigenvalue weighted by Gasteiger charge is -2.34. The second-order valence-corrected chi connectivity index (χ2v) is 8.10. The lowest BCUT2D eigenvalue weighted by atomic mass is 9.78. The molecule has 6 heteroatoms. The Hall–Kier alpha value is -1.43. The van der Waals surface area contributed by atoms with Crippen molar-refractivity contribution in [2.24, 2.45) is 11.8 Å². The molecule has 24 heavy (non-hydrogen) atoms. The molecule has 0 heterocycles. The molecule has 2 rings (SSSR count). The number of ether oxygens (including phenoxy) is 1. The number of carbonyl (C=O) groups excluding carboxylic acids is 1. The van der Waals surface area contributed by atoms with Crippen molar-refractivity contribution in [3.8, 4) is 5.75 Å². The summed E-state index contributed by atoms with van der Waals surface area (Å²) in [5, 5.41) is 3.02. The molecule has 4 nitrogen and oxygen atoms in total. The summed E-state index contributed by atoms with van der Waals surface area (Å²) in [7, 11) is 0.0348. The van der Waals surface area contributed by atoms with E-state index < -0.39 is 16.6 Å². The van der Waals surface area contributed by atoms with Gasteiger partial charge in [0, 0.05) is 22.6 Å². The molecule has 0 saturated heterocycles. The number of halogens is 1. The Bertz CT molecular complexity index is 608. The number of hydrogen-bond acceptors (Lipinski definition) is 3. The average molecular weight is 355 g/mol. The third kappa shape index (κ3) is 5.03. The molecule has 4 atom stereocenters. The van der Waals surface area contributed by atoms with E-state index in [-0.39, 0.29) is 29.2 Å². The first-order chi connectivity index (χ1) is 11.4. The van der Waals surface area contributed by atoms with Gasteiger partial charge in [-0.25, -0.2) is 4.39 Å². The lowest BCUT2D eigenvalue weighted by molar-refractivity contribution is -0.120. The monoisotopic (exact) mass is 355 g/mol. The number of benzene rings is 1. The molecule has 0 spiro atoms. The molecule has 1 aliphatic rings. The smallest absolute Gasteiger partial charge is 0.232 e. The minimum Gasteiger partial charge on any atom is -0.494 e. The van der Waals surface area contributed by atoms with Gasteiger partial charge in [-0.15, -0.1) is 0 Å². The molecular weight excluding hydrogens is 329 g/mol. The molecule has 1 aromatic carbocycles. The first-order valence-electron chi connectivity index (χ1n) is 8.37. The lowest BCUT2D eigenvalue weighted by Crippen LogP contribution is -2.45. The molecule has 1 aliphatic carbocycles. The Kier molecular flexibility index (Phi) is 6.78. The SMILES string of the molecule is COc1ccc(C[S@@](=O)CC(=O)N[C@@H]2CCC[C@H](C)[C@@H]2C)cc1F. The predicted molar refractivity (Wildman–Crippen MR) is 93.8 cm³/mol. The van der Waals surface area contributed by atoms with Crippen LogP contribution in [0.25, 0.3) is 0 Å². The van der Waals surface area contributed by atoms with Gasteiger partial charge in [0.15, 0.2) is 11.6 Å². The number of nitrogens with one attached hydrogen (secondary N) is 1. The zero-order valence-corrected chi connectivity index (χ0v) is 15.3. The van der Waals surface area contributed by atoms with Crippen LogP contribution in [0.5, 0.6) is 5.75 Å². The van der Waals surface area contributed by atoms with Crippen molar-refractivity contribution >= 4 is 16.7 Å². The fourth-order valence-corrected chi connectivity index (χ4v) is 4.25. The number of carbonyl (C=O) groups is 1. The molecule has 134 valence electrons. The van der Waals surface area contributed by atoms with Crippen LogP contribution in [-0.4, -0.2) is 29.0 Å². The number of amides is 1. The highest BCUT2D eigenvalue weighted by Crippen LogP contribution is 2.29. The van der Waals surface area contributed by atoms with Crippen molar-refractivity contribution in [3.63, 3.8) is 0 Å². The molecule has 1 saturated carbocycles. The molecule has 1 amide bonds. The third-order valence-electron chi connectivity index (χ3n) is 4.89. The standard InChI is InChI=1S/C18H26FNO3S/c1-12-5-4-6-16(13(12)2)20-18(21)11-24(22)10-14-7-8-17(23-3)15(19)9-14/h7-9,12-13,16H,4-6,10-11H2,1-3H3,(H,20,21)/t12-,13-,16+,24+/m0/s1. The quantitative estimate of drug-likeness (QED) is 0.853. The van der Waals surface area contributed by atoms with Gasteiger partial charge < -0.3 is 10.1 Å². The van der Waals surface area contributed by atoms with Crippen molar-refractivity contribution in [1.29, 1.82) is 0 Å². The Morgan fingerprint density at radius 3 is 2.79 bits per heavy atom. The first-order valence-corrected chi connectivity index (χ1v) is 9.86. The molecule has 0 aliphatic heterocycles. The van der Waals surface area contributed by atoms with E-state index in [4.69, 9.17) is 4.74 Å². The van der Waals surface area contributed by atoms with Crippen LogP contribution in [0.4, 0.5) is 4.39 Å². The van der Waals surface area contributed by atoms with Gasteiger partial charge in [-0.1, -0.05) is 32.8 Å². The number of methoxy groups -OCH3 is 1. The minimum atomic E-state index is -1.36. The van der Waals surface area contributed by atoms with Crippen LogP contribution in [0.1, 0.15) is 38.7 Å². The van der Waals surface area contributed by atoms with E-state index in [1.807, 2.05) is 0 Å². The fraction of sp³-hybridized carbons (Fsp3) is 0.611. The largest absolute Gasteiger partial charge is 0.494 e. The first kappa shape index (κ1) is 18.9. The maximum atomic E-state index is 13.6. The summed E-state index contributed by atoms with van der Waals surface area (Å²) in [5.74, 6) is 0.622. The summed E-state index contributed by atoms with van der Waals surface area (Å²) >= 11 is 0. The van der Waals surface area contributed by atoms with Crippen LogP contribution in [0.2, 0.25) is 0 Å². The van der Waals surface area contributed by atoms with E-state index in [9.17, 15) is 13.4 Å². The van der Waals surface area contributed by atoms with Crippen molar-refractivity contribution in [2.45, 2.75) is 44.9 Å². The highest BCUT2D eigenvalue weighted by atomic mass is 32.2. The summed E-state index contributed by atoms with van der Waals surface area (Å²) in [5.41, 5.74) is 0.596. The van der Waals surface area contributed by atoms with Crippen LogP contribution in [0.3, 0.4) is 0 Å². The maximum absolute atomic E-state index is 13.6. The number of rotatable bonds is 6. The van der Waals surface area contributed by atoms with Crippen molar-refractivity contribution in [1.82, 2.24) is 5.32 Å². The van der Waals surface area contributed by atoms with Crippen LogP contribution < -0.4 is 10.1 Å².